The molecule has 0 aliphatic carbocycles. The lowest BCUT2D eigenvalue weighted by atomic mass is 9.93. The molecular formula is C28H20FNO3. The molecule has 162 valence electrons. The molecule has 1 amide bonds. The Morgan fingerprint density at radius 3 is 2.24 bits per heavy atom. The van der Waals surface area contributed by atoms with Crippen LogP contribution in [0.4, 0.5) is 10.1 Å². The van der Waals surface area contributed by atoms with Gasteiger partial charge < -0.3 is 5.11 Å². The molecule has 4 aromatic carbocycles. The molecule has 4 nitrogen and oxygen atoms in total. The van der Waals surface area contributed by atoms with Crippen molar-refractivity contribution in [1.82, 2.24) is 0 Å². The van der Waals surface area contributed by atoms with Gasteiger partial charge in [0, 0.05) is 11.3 Å². The Bertz CT molecular complexity index is 1420. The van der Waals surface area contributed by atoms with E-state index in [0.717, 1.165) is 16.3 Å². The van der Waals surface area contributed by atoms with Gasteiger partial charge in [-0.3, -0.25) is 14.5 Å². The van der Waals surface area contributed by atoms with Gasteiger partial charge in [0.05, 0.1) is 11.6 Å². The summed E-state index contributed by atoms with van der Waals surface area (Å²) in [5.41, 5.74) is 2.49. The smallest absolute Gasteiger partial charge is 0.300 e. The predicted octanol–water partition coefficient (Wildman–Crippen LogP) is 5.91. The number of hydrogen-bond donors (Lipinski definition) is 1. The lowest BCUT2D eigenvalue weighted by Gasteiger charge is -2.25. The molecule has 0 bridgehead atoms. The van der Waals surface area contributed by atoms with Crippen molar-refractivity contribution < 1.29 is 19.1 Å². The second-order valence-electron chi connectivity index (χ2n) is 8.08. The van der Waals surface area contributed by atoms with Crippen LogP contribution in [0.1, 0.15) is 22.7 Å². The van der Waals surface area contributed by atoms with E-state index in [4.69, 9.17) is 0 Å². The molecule has 1 N–H and O–H groups in total. The third-order valence-electron chi connectivity index (χ3n) is 5.99. The number of amides is 1. The van der Waals surface area contributed by atoms with Crippen molar-refractivity contribution in [1.29, 1.82) is 0 Å². The zero-order valence-electron chi connectivity index (χ0n) is 17.8. The minimum absolute atomic E-state index is 0.0245. The monoisotopic (exact) mass is 437 g/mol. The summed E-state index contributed by atoms with van der Waals surface area (Å²) < 4.78 is 13.7. The maximum atomic E-state index is 13.7. The van der Waals surface area contributed by atoms with E-state index in [9.17, 15) is 19.1 Å². The number of anilines is 1. The largest absolute Gasteiger partial charge is 0.507 e. The van der Waals surface area contributed by atoms with Crippen molar-refractivity contribution in [2.75, 3.05) is 4.90 Å². The molecule has 0 saturated carbocycles. The minimum Gasteiger partial charge on any atom is -0.507 e. The molecule has 5 rings (SSSR count). The van der Waals surface area contributed by atoms with Crippen molar-refractivity contribution in [3.63, 3.8) is 0 Å². The number of aryl methyl sites for hydroxylation is 1. The Morgan fingerprint density at radius 2 is 1.52 bits per heavy atom. The Hall–Kier alpha value is -4.25. The van der Waals surface area contributed by atoms with Crippen LogP contribution in [0.25, 0.3) is 16.5 Å². The fraction of sp³-hybridized carbons (Fsp3) is 0.0714. The van der Waals surface area contributed by atoms with Crippen LogP contribution >= 0.6 is 0 Å². The molecule has 1 fully saturated rings. The van der Waals surface area contributed by atoms with E-state index >= 15 is 0 Å². The first-order chi connectivity index (χ1) is 16.0. The van der Waals surface area contributed by atoms with Gasteiger partial charge in [-0.05, 0) is 47.5 Å². The van der Waals surface area contributed by atoms with Crippen LogP contribution in [0.5, 0.6) is 0 Å². The number of fused-ring (bicyclic) bond motifs is 1. The van der Waals surface area contributed by atoms with Gasteiger partial charge in [0.2, 0.25) is 0 Å². The van der Waals surface area contributed by atoms with Gasteiger partial charge in [-0.25, -0.2) is 4.39 Å². The van der Waals surface area contributed by atoms with Gasteiger partial charge >= 0.3 is 0 Å². The fourth-order valence-electron chi connectivity index (χ4n) is 4.34. The molecule has 0 radical (unpaired) electrons. The number of Topliss-reactive ketones (excluding diaryl/α,β-unsaturated/α-hetero) is 1. The summed E-state index contributed by atoms with van der Waals surface area (Å²) in [6.45, 7) is 1.93. The first kappa shape index (κ1) is 20.6. The number of hydrogen-bond acceptors (Lipinski definition) is 3. The number of aliphatic hydroxyl groups excluding tert-OH is 1. The summed E-state index contributed by atoms with van der Waals surface area (Å²) in [5, 5.41) is 13.1. The molecular weight excluding hydrogens is 417 g/mol. The van der Waals surface area contributed by atoms with Crippen LogP contribution in [0.3, 0.4) is 0 Å². The number of aliphatic hydroxyl groups is 1. The van der Waals surface area contributed by atoms with Crippen LogP contribution in [0, 0.1) is 12.7 Å². The van der Waals surface area contributed by atoms with Gasteiger partial charge in [-0.1, -0.05) is 72.3 Å². The molecule has 1 unspecified atom stereocenters. The number of rotatable bonds is 3. The molecule has 4 aromatic rings. The van der Waals surface area contributed by atoms with Gasteiger partial charge in [0.1, 0.15) is 11.6 Å². The number of nitrogens with zero attached hydrogens (tertiary/aromatic N) is 1. The Morgan fingerprint density at radius 1 is 0.848 bits per heavy atom. The molecule has 0 aromatic heterocycles. The average molecular weight is 437 g/mol. The van der Waals surface area contributed by atoms with E-state index in [1.165, 1.54) is 29.2 Å². The molecule has 0 spiro atoms. The topological polar surface area (TPSA) is 57.6 Å². The minimum atomic E-state index is -0.896. The fourth-order valence-corrected chi connectivity index (χ4v) is 4.34. The maximum absolute atomic E-state index is 13.7. The number of benzene rings is 4. The van der Waals surface area contributed by atoms with E-state index in [0.29, 0.717) is 16.8 Å². The van der Waals surface area contributed by atoms with Crippen LogP contribution in [-0.4, -0.2) is 16.8 Å². The SMILES string of the molecule is Cc1ccc(N2C(=O)C(=O)/C(=C(\O)c3cccc4ccccc34)C2c2ccc(F)cc2)cc1. The van der Waals surface area contributed by atoms with Crippen molar-refractivity contribution in [2.24, 2.45) is 0 Å². The maximum Gasteiger partial charge on any atom is 0.300 e. The van der Waals surface area contributed by atoms with Gasteiger partial charge in [0.25, 0.3) is 11.7 Å². The first-order valence-corrected chi connectivity index (χ1v) is 10.6. The van der Waals surface area contributed by atoms with E-state index in [1.807, 2.05) is 49.4 Å². The number of carbonyl (C=O) groups is 2. The highest BCUT2D eigenvalue weighted by Crippen LogP contribution is 2.43. The third kappa shape index (κ3) is 3.48. The van der Waals surface area contributed by atoms with E-state index in [-0.39, 0.29) is 11.3 Å². The lowest BCUT2D eigenvalue weighted by molar-refractivity contribution is -0.132. The third-order valence-corrected chi connectivity index (χ3v) is 5.99. The van der Waals surface area contributed by atoms with Crippen molar-refractivity contribution >= 4 is 33.9 Å². The summed E-state index contributed by atoms with van der Waals surface area (Å²) >= 11 is 0. The summed E-state index contributed by atoms with van der Waals surface area (Å²) in [6.07, 6.45) is 0. The summed E-state index contributed by atoms with van der Waals surface area (Å²) in [5.74, 6) is -2.21. The van der Waals surface area contributed by atoms with Crippen LogP contribution in [0.2, 0.25) is 0 Å². The van der Waals surface area contributed by atoms with Crippen molar-refractivity contribution in [3.8, 4) is 0 Å². The normalized spacial score (nSPS) is 17.6. The quantitative estimate of drug-likeness (QED) is 0.246. The number of carbonyl (C=O) groups excluding carboxylic acids is 2. The summed E-state index contributed by atoms with van der Waals surface area (Å²) in [4.78, 5) is 27.8. The second kappa shape index (κ2) is 8.02. The number of halogens is 1. The molecule has 1 heterocycles. The Balaban J connectivity index is 1.77. The lowest BCUT2D eigenvalue weighted by Crippen LogP contribution is -2.29. The summed E-state index contributed by atoms with van der Waals surface area (Å²) in [7, 11) is 0. The van der Waals surface area contributed by atoms with Gasteiger partial charge in [0.15, 0.2) is 0 Å². The second-order valence-corrected chi connectivity index (χ2v) is 8.08. The highest BCUT2D eigenvalue weighted by molar-refractivity contribution is 6.51. The van der Waals surface area contributed by atoms with Crippen LogP contribution in [-0.2, 0) is 9.59 Å². The van der Waals surface area contributed by atoms with Gasteiger partial charge in [-0.15, -0.1) is 0 Å². The van der Waals surface area contributed by atoms with E-state index in [1.54, 1.807) is 24.3 Å². The van der Waals surface area contributed by atoms with E-state index < -0.39 is 23.5 Å². The van der Waals surface area contributed by atoms with Crippen molar-refractivity contribution in [2.45, 2.75) is 13.0 Å². The summed E-state index contributed by atoms with van der Waals surface area (Å²) in [6, 6.07) is 24.9. The van der Waals surface area contributed by atoms with Crippen LogP contribution in [0.15, 0.2) is 96.6 Å². The average Bonchev–Trinajstić information content (AvgIpc) is 3.10. The zero-order valence-corrected chi connectivity index (χ0v) is 17.8. The molecule has 33 heavy (non-hydrogen) atoms. The van der Waals surface area contributed by atoms with E-state index in [2.05, 4.69) is 0 Å². The predicted molar refractivity (Wildman–Crippen MR) is 126 cm³/mol. The highest BCUT2D eigenvalue weighted by atomic mass is 19.1. The molecule has 1 saturated heterocycles. The zero-order chi connectivity index (χ0) is 23.1. The van der Waals surface area contributed by atoms with Gasteiger partial charge in [-0.2, -0.15) is 0 Å². The highest BCUT2D eigenvalue weighted by Gasteiger charge is 2.47. The number of ketones is 1. The Labute approximate surface area is 190 Å². The standard InChI is InChI=1S/C28H20FNO3/c1-17-9-15-21(16-10-17)30-25(19-11-13-20(29)14-12-19)24(27(32)28(30)33)26(31)23-8-4-6-18-5-2-3-7-22(18)23/h2-16,25,31H,1H3/b26-24-. The Kier molecular flexibility index (Phi) is 5.02. The molecule has 1 atom stereocenters. The molecule has 5 heteroatoms. The molecule has 1 aliphatic rings. The van der Waals surface area contributed by atoms with Crippen molar-refractivity contribution in [3.05, 3.63) is 119 Å². The first-order valence-electron chi connectivity index (χ1n) is 10.6. The molecule has 1 aliphatic heterocycles. The van der Waals surface area contributed by atoms with Crippen LogP contribution < -0.4 is 4.90 Å².